The van der Waals surface area contributed by atoms with E-state index in [-0.39, 0.29) is 17.0 Å². The number of anilines is 1. The Morgan fingerprint density at radius 3 is 2.43 bits per heavy atom. The highest BCUT2D eigenvalue weighted by Crippen LogP contribution is 2.30. The van der Waals surface area contributed by atoms with Gasteiger partial charge in [-0.1, -0.05) is 6.07 Å². The van der Waals surface area contributed by atoms with Crippen LogP contribution in [0.4, 0.5) is 23.7 Å². The van der Waals surface area contributed by atoms with Gasteiger partial charge in [0.15, 0.2) is 0 Å². The molecule has 0 bridgehead atoms. The van der Waals surface area contributed by atoms with E-state index in [1.54, 1.807) is 18.2 Å². The van der Waals surface area contributed by atoms with Gasteiger partial charge in [0.25, 0.3) is 11.1 Å². The highest BCUT2D eigenvalue weighted by atomic mass is 32.2. The van der Waals surface area contributed by atoms with Gasteiger partial charge in [0.2, 0.25) is 5.91 Å². The Hall–Kier alpha value is -3.27. The van der Waals surface area contributed by atoms with Crippen molar-refractivity contribution in [2.24, 2.45) is 0 Å². The van der Waals surface area contributed by atoms with Crippen LogP contribution in [0.25, 0.3) is 6.08 Å². The zero-order valence-electron chi connectivity index (χ0n) is 15.5. The predicted molar refractivity (Wildman–Crippen MR) is 106 cm³/mol. The summed E-state index contributed by atoms with van der Waals surface area (Å²) < 4.78 is 43.1. The summed E-state index contributed by atoms with van der Waals surface area (Å²) in [6, 6.07) is 9.03. The number of methoxy groups -OCH3 is 1. The van der Waals surface area contributed by atoms with E-state index in [1.807, 2.05) is 0 Å². The third kappa shape index (κ3) is 5.20. The number of carbonyl (C=O) groups is 3. The minimum absolute atomic E-state index is 0.112. The van der Waals surface area contributed by atoms with Gasteiger partial charge < -0.3 is 10.1 Å². The van der Waals surface area contributed by atoms with E-state index in [4.69, 9.17) is 4.74 Å². The van der Waals surface area contributed by atoms with Gasteiger partial charge in [-0.25, -0.2) is 0 Å². The molecular weight excluding hydrogens is 421 g/mol. The van der Waals surface area contributed by atoms with Crippen LogP contribution in [0.5, 0.6) is 5.75 Å². The average molecular weight is 436 g/mol. The summed E-state index contributed by atoms with van der Waals surface area (Å²) in [6.07, 6.45) is -3.05. The van der Waals surface area contributed by atoms with Gasteiger partial charge in [-0.05, 0) is 59.8 Å². The highest BCUT2D eigenvalue weighted by molar-refractivity contribution is 8.18. The molecule has 156 valence electrons. The number of halogens is 3. The van der Waals surface area contributed by atoms with Crippen LogP contribution in [-0.4, -0.2) is 24.2 Å². The summed E-state index contributed by atoms with van der Waals surface area (Å²) in [4.78, 5) is 35.5. The maximum atomic E-state index is 12.6. The van der Waals surface area contributed by atoms with Gasteiger partial charge in [0.05, 0.1) is 24.0 Å². The molecule has 1 aliphatic rings. The molecule has 1 fully saturated rings. The number of carbonyl (C=O) groups excluding carboxylic acids is 3. The normalized spacial score (nSPS) is 15.3. The zero-order valence-corrected chi connectivity index (χ0v) is 16.3. The average Bonchev–Trinajstić information content (AvgIpc) is 2.98. The molecule has 2 aromatic carbocycles. The molecular formula is C20H15F3N2O4S. The van der Waals surface area contributed by atoms with Crippen LogP contribution in [0.2, 0.25) is 0 Å². The number of benzene rings is 2. The van der Waals surface area contributed by atoms with Crippen LogP contribution in [0.15, 0.2) is 47.4 Å². The molecule has 30 heavy (non-hydrogen) atoms. The molecule has 0 saturated carbocycles. The lowest BCUT2D eigenvalue weighted by Gasteiger charge is -2.11. The van der Waals surface area contributed by atoms with E-state index in [2.05, 4.69) is 10.6 Å². The van der Waals surface area contributed by atoms with Crippen molar-refractivity contribution in [2.75, 3.05) is 12.4 Å². The second-order valence-corrected chi connectivity index (χ2v) is 7.24. The monoisotopic (exact) mass is 436 g/mol. The molecule has 0 aliphatic carbocycles. The molecule has 10 heteroatoms. The number of hydrogen-bond acceptors (Lipinski definition) is 5. The topological polar surface area (TPSA) is 84.5 Å². The van der Waals surface area contributed by atoms with Gasteiger partial charge in [-0.3, -0.25) is 19.7 Å². The third-order valence-corrected chi connectivity index (χ3v) is 4.90. The standard InChI is InChI=1S/C20H15F3N2O4S/c1-29-15-7-2-11(9-16-18(27)25-19(28)30-16)8-12(15)10-17(26)24-14-5-3-13(4-6-14)20(21,22)23/h2-9H,10H2,1H3,(H,24,26)(H,25,27,28)/b16-9+. The summed E-state index contributed by atoms with van der Waals surface area (Å²) in [7, 11) is 1.43. The lowest BCUT2D eigenvalue weighted by atomic mass is 10.1. The molecule has 1 aliphatic heterocycles. The first-order valence-corrected chi connectivity index (χ1v) is 9.36. The number of alkyl halides is 3. The Morgan fingerprint density at radius 1 is 1.17 bits per heavy atom. The van der Waals surface area contributed by atoms with Gasteiger partial charge in [0.1, 0.15) is 5.75 Å². The molecule has 0 unspecified atom stereocenters. The van der Waals surface area contributed by atoms with Crippen molar-refractivity contribution in [1.82, 2.24) is 5.32 Å². The first kappa shape index (κ1) is 21.4. The Labute approximate surface area is 173 Å². The molecule has 0 aromatic heterocycles. The predicted octanol–water partition coefficient (Wildman–Crippen LogP) is 4.22. The molecule has 3 rings (SSSR count). The maximum absolute atomic E-state index is 12.6. The van der Waals surface area contributed by atoms with E-state index in [1.165, 1.54) is 25.3 Å². The summed E-state index contributed by atoms with van der Waals surface area (Å²) in [5.41, 5.74) is 0.504. The fourth-order valence-corrected chi connectivity index (χ4v) is 3.40. The number of imide groups is 1. The fraction of sp³-hybridized carbons (Fsp3) is 0.150. The minimum atomic E-state index is -4.45. The first-order chi connectivity index (χ1) is 14.2. The zero-order chi connectivity index (χ0) is 21.9. The third-order valence-electron chi connectivity index (χ3n) is 4.09. The first-order valence-electron chi connectivity index (χ1n) is 8.54. The lowest BCUT2D eigenvalue weighted by molar-refractivity contribution is -0.137. The lowest BCUT2D eigenvalue weighted by Crippen LogP contribution is -2.17. The Balaban J connectivity index is 1.75. The molecule has 0 spiro atoms. The van der Waals surface area contributed by atoms with E-state index in [0.29, 0.717) is 16.9 Å². The fourth-order valence-electron chi connectivity index (χ4n) is 2.72. The number of amides is 3. The molecule has 3 amide bonds. The quantitative estimate of drug-likeness (QED) is 0.686. The molecule has 2 aromatic rings. The van der Waals surface area contributed by atoms with Crippen LogP contribution in [0.1, 0.15) is 16.7 Å². The second kappa shape index (κ2) is 8.62. The Morgan fingerprint density at radius 2 is 1.87 bits per heavy atom. The van der Waals surface area contributed by atoms with Crippen molar-refractivity contribution in [3.8, 4) is 5.75 Å². The maximum Gasteiger partial charge on any atom is 0.416 e. The largest absolute Gasteiger partial charge is 0.496 e. The highest BCUT2D eigenvalue weighted by Gasteiger charge is 2.30. The summed E-state index contributed by atoms with van der Waals surface area (Å²) in [5, 5.41) is 4.23. The summed E-state index contributed by atoms with van der Waals surface area (Å²) in [6.45, 7) is 0. The molecule has 1 saturated heterocycles. The molecule has 2 N–H and O–H groups in total. The number of rotatable bonds is 5. The summed E-state index contributed by atoms with van der Waals surface area (Å²) in [5.74, 6) is -0.525. The van der Waals surface area contributed by atoms with Crippen LogP contribution in [0.3, 0.4) is 0 Å². The van der Waals surface area contributed by atoms with E-state index < -0.39 is 28.8 Å². The second-order valence-electron chi connectivity index (χ2n) is 6.22. The molecule has 0 radical (unpaired) electrons. The van der Waals surface area contributed by atoms with Crippen LogP contribution >= 0.6 is 11.8 Å². The SMILES string of the molecule is COc1ccc(/C=C2/SC(=O)NC2=O)cc1CC(=O)Nc1ccc(C(F)(F)F)cc1. The molecule has 0 atom stereocenters. The van der Waals surface area contributed by atoms with E-state index in [9.17, 15) is 27.6 Å². The van der Waals surface area contributed by atoms with E-state index >= 15 is 0 Å². The number of nitrogens with one attached hydrogen (secondary N) is 2. The number of thioether (sulfide) groups is 1. The van der Waals surface area contributed by atoms with Crippen molar-refractivity contribution in [2.45, 2.75) is 12.6 Å². The number of hydrogen-bond donors (Lipinski definition) is 2. The van der Waals surface area contributed by atoms with Crippen molar-refractivity contribution >= 4 is 40.6 Å². The van der Waals surface area contributed by atoms with Crippen molar-refractivity contribution in [1.29, 1.82) is 0 Å². The molecule has 1 heterocycles. The van der Waals surface area contributed by atoms with Crippen molar-refractivity contribution < 1.29 is 32.3 Å². The van der Waals surface area contributed by atoms with Gasteiger partial charge in [-0.2, -0.15) is 13.2 Å². The Bertz CT molecular complexity index is 1030. The van der Waals surface area contributed by atoms with E-state index in [0.717, 1.165) is 23.9 Å². The minimum Gasteiger partial charge on any atom is -0.496 e. The van der Waals surface area contributed by atoms with Crippen LogP contribution in [-0.2, 0) is 22.2 Å². The van der Waals surface area contributed by atoms with Gasteiger partial charge >= 0.3 is 6.18 Å². The Kier molecular flexibility index (Phi) is 6.16. The van der Waals surface area contributed by atoms with Crippen LogP contribution in [0, 0.1) is 0 Å². The van der Waals surface area contributed by atoms with Gasteiger partial charge in [-0.15, -0.1) is 0 Å². The van der Waals surface area contributed by atoms with Crippen molar-refractivity contribution in [3.05, 3.63) is 64.1 Å². The smallest absolute Gasteiger partial charge is 0.416 e. The van der Waals surface area contributed by atoms with Crippen LogP contribution < -0.4 is 15.4 Å². The van der Waals surface area contributed by atoms with Crippen molar-refractivity contribution in [3.63, 3.8) is 0 Å². The molecule has 6 nitrogen and oxygen atoms in total. The van der Waals surface area contributed by atoms with Gasteiger partial charge in [0, 0.05) is 11.3 Å². The summed E-state index contributed by atoms with van der Waals surface area (Å²) >= 11 is 0.774. The number of ether oxygens (including phenoxy) is 1.